The van der Waals surface area contributed by atoms with Gasteiger partial charge in [-0.25, -0.2) is 0 Å². The van der Waals surface area contributed by atoms with Crippen LogP contribution in [0, 0.1) is 11.8 Å². The van der Waals surface area contributed by atoms with Gasteiger partial charge in [0.15, 0.2) is 0 Å². The molecule has 5 heteroatoms. The fourth-order valence-electron chi connectivity index (χ4n) is 3.62. The molecule has 1 aromatic carbocycles. The number of benzene rings is 1. The van der Waals surface area contributed by atoms with Gasteiger partial charge in [-0.3, -0.25) is 9.59 Å². The van der Waals surface area contributed by atoms with Crippen LogP contribution >= 0.6 is 0 Å². The zero-order chi connectivity index (χ0) is 17.6. The average molecular weight is 344 g/mol. The minimum atomic E-state index is -0.109. The maximum absolute atomic E-state index is 12.6. The quantitative estimate of drug-likeness (QED) is 0.794. The Bertz CT molecular complexity index is 586. The van der Waals surface area contributed by atoms with Gasteiger partial charge in [0.2, 0.25) is 11.8 Å². The van der Waals surface area contributed by atoms with E-state index >= 15 is 0 Å². The molecule has 2 amide bonds. The Labute approximate surface area is 149 Å². The van der Waals surface area contributed by atoms with E-state index in [0.717, 1.165) is 37.8 Å². The summed E-state index contributed by atoms with van der Waals surface area (Å²) in [5.41, 5.74) is 1.13. The van der Waals surface area contributed by atoms with Gasteiger partial charge >= 0.3 is 0 Å². The summed E-state index contributed by atoms with van der Waals surface area (Å²) in [6.45, 7) is 1.96. The molecule has 1 aromatic rings. The Kier molecular flexibility index (Phi) is 6.08. The van der Waals surface area contributed by atoms with Crippen LogP contribution in [-0.2, 0) is 9.59 Å². The summed E-state index contributed by atoms with van der Waals surface area (Å²) < 4.78 is 0. The molecular formula is C20H28N2O3. The molecule has 25 heavy (non-hydrogen) atoms. The Morgan fingerprint density at radius 1 is 1.16 bits per heavy atom. The molecule has 2 unspecified atom stereocenters. The van der Waals surface area contributed by atoms with Crippen LogP contribution in [0.5, 0.6) is 0 Å². The van der Waals surface area contributed by atoms with E-state index in [1.54, 1.807) is 0 Å². The Morgan fingerprint density at radius 2 is 1.92 bits per heavy atom. The fourth-order valence-corrected chi connectivity index (χ4v) is 3.62. The van der Waals surface area contributed by atoms with Crippen molar-refractivity contribution in [1.82, 2.24) is 10.2 Å². The summed E-state index contributed by atoms with van der Waals surface area (Å²) in [4.78, 5) is 26.7. The van der Waals surface area contributed by atoms with Crippen LogP contribution < -0.4 is 5.32 Å². The van der Waals surface area contributed by atoms with Crippen LogP contribution in [-0.4, -0.2) is 48.1 Å². The fraction of sp³-hybridized carbons (Fsp3) is 0.600. The first-order chi connectivity index (χ1) is 12.2. The number of rotatable bonds is 7. The SMILES string of the molecule is O=C(NCC(CCO)c1ccccc1)C1CCCN(C(=O)C2CC2)C1. The Balaban J connectivity index is 1.52. The van der Waals surface area contributed by atoms with Gasteiger partial charge in [0.05, 0.1) is 5.92 Å². The topological polar surface area (TPSA) is 69.6 Å². The highest BCUT2D eigenvalue weighted by molar-refractivity contribution is 5.83. The van der Waals surface area contributed by atoms with Gasteiger partial charge in [0.1, 0.15) is 0 Å². The second-order valence-corrected chi connectivity index (χ2v) is 7.26. The van der Waals surface area contributed by atoms with Crippen LogP contribution in [0.15, 0.2) is 30.3 Å². The predicted octanol–water partition coefficient (Wildman–Crippen LogP) is 1.92. The van der Waals surface area contributed by atoms with E-state index in [9.17, 15) is 14.7 Å². The summed E-state index contributed by atoms with van der Waals surface area (Å²) in [6, 6.07) is 9.98. The van der Waals surface area contributed by atoms with Crippen molar-refractivity contribution < 1.29 is 14.7 Å². The predicted molar refractivity (Wildman–Crippen MR) is 95.9 cm³/mol. The number of nitrogens with zero attached hydrogens (tertiary/aromatic N) is 1. The molecule has 2 fully saturated rings. The van der Waals surface area contributed by atoms with Crippen molar-refractivity contribution >= 4 is 11.8 Å². The van der Waals surface area contributed by atoms with Crippen LogP contribution in [0.1, 0.15) is 43.6 Å². The molecule has 2 aliphatic rings. The van der Waals surface area contributed by atoms with E-state index in [2.05, 4.69) is 5.32 Å². The third-order valence-corrected chi connectivity index (χ3v) is 5.30. The van der Waals surface area contributed by atoms with Gasteiger partial charge < -0.3 is 15.3 Å². The van der Waals surface area contributed by atoms with E-state index < -0.39 is 0 Å². The zero-order valence-electron chi connectivity index (χ0n) is 14.7. The lowest BCUT2D eigenvalue weighted by molar-refractivity contribution is -0.136. The van der Waals surface area contributed by atoms with Gasteiger partial charge in [-0.2, -0.15) is 0 Å². The van der Waals surface area contributed by atoms with Crippen molar-refractivity contribution in [3.8, 4) is 0 Å². The molecule has 1 saturated carbocycles. The van der Waals surface area contributed by atoms with Crippen LogP contribution in [0.3, 0.4) is 0 Å². The molecule has 1 aliphatic carbocycles. The number of amides is 2. The maximum Gasteiger partial charge on any atom is 0.225 e. The number of likely N-dealkylation sites (tertiary alicyclic amines) is 1. The van der Waals surface area contributed by atoms with Crippen molar-refractivity contribution in [2.45, 2.75) is 38.0 Å². The van der Waals surface area contributed by atoms with Gasteiger partial charge in [-0.15, -0.1) is 0 Å². The second-order valence-electron chi connectivity index (χ2n) is 7.26. The highest BCUT2D eigenvalue weighted by Gasteiger charge is 2.36. The molecule has 0 radical (unpaired) electrons. The average Bonchev–Trinajstić information content (AvgIpc) is 3.50. The summed E-state index contributed by atoms with van der Waals surface area (Å²) in [5.74, 6) is 0.492. The number of aliphatic hydroxyl groups is 1. The van der Waals surface area contributed by atoms with Gasteiger partial charge in [-0.1, -0.05) is 30.3 Å². The van der Waals surface area contributed by atoms with E-state index in [1.165, 1.54) is 0 Å². The van der Waals surface area contributed by atoms with Gasteiger partial charge in [0, 0.05) is 38.1 Å². The number of carbonyl (C=O) groups is 2. The first-order valence-corrected chi connectivity index (χ1v) is 9.41. The number of nitrogens with one attached hydrogen (secondary N) is 1. The van der Waals surface area contributed by atoms with Crippen molar-refractivity contribution in [3.05, 3.63) is 35.9 Å². The molecule has 3 rings (SSSR count). The zero-order valence-corrected chi connectivity index (χ0v) is 14.7. The van der Waals surface area contributed by atoms with Gasteiger partial charge in [0.25, 0.3) is 0 Å². The van der Waals surface area contributed by atoms with Gasteiger partial charge in [-0.05, 0) is 37.7 Å². The molecule has 136 valence electrons. The van der Waals surface area contributed by atoms with E-state index in [1.807, 2.05) is 35.2 Å². The molecule has 5 nitrogen and oxygen atoms in total. The number of piperidine rings is 1. The third-order valence-electron chi connectivity index (χ3n) is 5.30. The summed E-state index contributed by atoms with van der Waals surface area (Å²) in [6.07, 6.45) is 4.38. The minimum absolute atomic E-state index is 0.0344. The number of hydrogen-bond acceptors (Lipinski definition) is 3. The molecular weight excluding hydrogens is 316 g/mol. The maximum atomic E-state index is 12.6. The largest absolute Gasteiger partial charge is 0.396 e. The van der Waals surface area contributed by atoms with Crippen molar-refractivity contribution in [2.75, 3.05) is 26.2 Å². The lowest BCUT2D eigenvalue weighted by atomic mass is 9.94. The molecule has 1 aliphatic heterocycles. The highest BCUT2D eigenvalue weighted by atomic mass is 16.3. The molecule has 0 spiro atoms. The number of carbonyl (C=O) groups excluding carboxylic acids is 2. The summed E-state index contributed by atoms with van der Waals surface area (Å²) >= 11 is 0. The Morgan fingerprint density at radius 3 is 2.60 bits per heavy atom. The van der Waals surface area contributed by atoms with Crippen LogP contribution in [0.2, 0.25) is 0 Å². The second kappa shape index (κ2) is 8.48. The lowest BCUT2D eigenvalue weighted by Gasteiger charge is -2.32. The molecule has 2 N–H and O–H groups in total. The van der Waals surface area contributed by atoms with Crippen molar-refractivity contribution in [1.29, 1.82) is 0 Å². The number of aliphatic hydroxyl groups excluding tert-OH is 1. The molecule has 1 heterocycles. The monoisotopic (exact) mass is 344 g/mol. The summed E-state index contributed by atoms with van der Waals surface area (Å²) in [7, 11) is 0. The van der Waals surface area contributed by atoms with E-state index in [-0.39, 0.29) is 36.2 Å². The molecule has 2 atom stereocenters. The minimum Gasteiger partial charge on any atom is -0.396 e. The smallest absolute Gasteiger partial charge is 0.225 e. The molecule has 0 aromatic heterocycles. The first kappa shape index (κ1) is 17.9. The van der Waals surface area contributed by atoms with Crippen LogP contribution in [0.25, 0.3) is 0 Å². The Hall–Kier alpha value is -1.88. The lowest BCUT2D eigenvalue weighted by Crippen LogP contribution is -2.46. The molecule has 1 saturated heterocycles. The molecule has 0 bridgehead atoms. The third kappa shape index (κ3) is 4.82. The van der Waals surface area contributed by atoms with E-state index in [4.69, 9.17) is 0 Å². The summed E-state index contributed by atoms with van der Waals surface area (Å²) in [5, 5.41) is 12.4. The van der Waals surface area contributed by atoms with Crippen molar-refractivity contribution in [3.63, 3.8) is 0 Å². The van der Waals surface area contributed by atoms with Crippen molar-refractivity contribution in [2.24, 2.45) is 11.8 Å². The van der Waals surface area contributed by atoms with E-state index in [0.29, 0.717) is 19.5 Å². The number of hydrogen-bond donors (Lipinski definition) is 2. The highest BCUT2D eigenvalue weighted by Crippen LogP contribution is 2.32. The standard InChI is InChI=1S/C20H28N2O3/c23-12-10-17(15-5-2-1-3-6-15)13-21-19(24)18-7-4-11-22(14-18)20(25)16-8-9-16/h1-3,5-6,16-18,23H,4,7-14H2,(H,21,24). The van der Waals surface area contributed by atoms with Crippen LogP contribution in [0.4, 0.5) is 0 Å². The first-order valence-electron chi connectivity index (χ1n) is 9.41. The normalized spacial score (nSPS) is 21.6.